The summed E-state index contributed by atoms with van der Waals surface area (Å²) in [7, 11) is 0. The molecule has 0 radical (unpaired) electrons. The number of allylic oxidation sites excluding steroid dienone is 28. The molecule has 0 aliphatic carbocycles. The Kier molecular flexibility index (Phi) is 55.1. The number of hydrogen-bond donors (Lipinski definition) is 0. The van der Waals surface area contributed by atoms with Crippen LogP contribution in [0.25, 0.3) is 0 Å². The summed E-state index contributed by atoms with van der Waals surface area (Å²) in [6.07, 6.45) is 87.9. The molecule has 0 N–H and O–H groups in total. The van der Waals surface area contributed by atoms with Gasteiger partial charge >= 0.3 is 17.9 Å². The largest absolute Gasteiger partial charge is 0.462 e. The molecule has 0 saturated heterocycles. The van der Waals surface area contributed by atoms with Gasteiger partial charge in [-0.2, -0.15) is 0 Å². The molecule has 73 heavy (non-hydrogen) atoms. The van der Waals surface area contributed by atoms with E-state index in [1.165, 1.54) is 38.5 Å². The molecule has 0 fully saturated rings. The highest BCUT2D eigenvalue weighted by molar-refractivity contribution is 5.71. The van der Waals surface area contributed by atoms with Gasteiger partial charge in [0, 0.05) is 19.3 Å². The Bertz CT molecular complexity index is 1720. The number of esters is 3. The Morgan fingerprint density at radius 3 is 0.890 bits per heavy atom. The first kappa shape index (κ1) is 67.8. The van der Waals surface area contributed by atoms with Crippen LogP contribution in [0.4, 0.5) is 0 Å². The number of unbranched alkanes of at least 4 members (excludes halogenated alkanes) is 10. The molecular formula is C67H102O6. The summed E-state index contributed by atoms with van der Waals surface area (Å²) < 4.78 is 16.7. The SMILES string of the molecule is CC/C=C\C/C=C\C/C=C\C/C=C\C/C=C\C/C=C\CCC(=O)OCC(COC(=O)CCC/C=C\C/C=C\C/C=C\C/C=C\C/C=C\CC)OC(=O)CCCCCCCCCCC/C=C\C/C=C\C/C=C\CC. The molecule has 0 bridgehead atoms. The van der Waals surface area contributed by atoms with Crippen molar-refractivity contribution in [2.45, 2.75) is 219 Å². The Balaban J connectivity index is 4.62. The number of rotatable bonds is 49. The third-order valence-corrected chi connectivity index (χ3v) is 11.2. The molecule has 0 spiro atoms. The van der Waals surface area contributed by atoms with Crippen LogP contribution in [0.1, 0.15) is 213 Å². The molecule has 1 atom stereocenters. The van der Waals surface area contributed by atoms with E-state index in [4.69, 9.17) is 14.2 Å². The molecule has 0 aliphatic rings. The highest BCUT2D eigenvalue weighted by atomic mass is 16.6. The summed E-state index contributed by atoms with van der Waals surface area (Å²) in [5.74, 6) is -1.10. The average molecular weight is 1000 g/mol. The summed E-state index contributed by atoms with van der Waals surface area (Å²) >= 11 is 0. The fourth-order valence-electron chi connectivity index (χ4n) is 7.05. The predicted octanol–water partition coefficient (Wildman–Crippen LogP) is 19.5. The zero-order valence-corrected chi connectivity index (χ0v) is 46.3. The molecule has 1 unspecified atom stereocenters. The molecule has 6 nitrogen and oxygen atoms in total. The van der Waals surface area contributed by atoms with Gasteiger partial charge in [0.1, 0.15) is 13.2 Å². The molecule has 0 amide bonds. The minimum atomic E-state index is -0.845. The van der Waals surface area contributed by atoms with E-state index >= 15 is 0 Å². The Labute approximate surface area is 447 Å². The van der Waals surface area contributed by atoms with Crippen LogP contribution in [0, 0.1) is 0 Å². The number of hydrogen-bond acceptors (Lipinski definition) is 6. The fourth-order valence-corrected chi connectivity index (χ4v) is 7.05. The summed E-state index contributed by atoms with van der Waals surface area (Å²) in [5.41, 5.74) is 0. The Morgan fingerprint density at radius 1 is 0.274 bits per heavy atom. The molecule has 0 rings (SSSR count). The molecule has 0 aromatic rings. The van der Waals surface area contributed by atoms with Gasteiger partial charge in [0.05, 0.1) is 0 Å². The molecule has 6 heteroatoms. The smallest absolute Gasteiger partial charge is 0.306 e. The minimum Gasteiger partial charge on any atom is -0.462 e. The Hall–Kier alpha value is -5.23. The van der Waals surface area contributed by atoms with Gasteiger partial charge in [0.25, 0.3) is 0 Å². The van der Waals surface area contributed by atoms with E-state index in [9.17, 15) is 14.4 Å². The van der Waals surface area contributed by atoms with Gasteiger partial charge in [0.15, 0.2) is 6.10 Å². The van der Waals surface area contributed by atoms with Gasteiger partial charge in [-0.25, -0.2) is 0 Å². The van der Waals surface area contributed by atoms with Crippen LogP contribution < -0.4 is 0 Å². The van der Waals surface area contributed by atoms with Crippen LogP contribution >= 0.6 is 0 Å². The quantitative estimate of drug-likeness (QED) is 0.0261. The van der Waals surface area contributed by atoms with E-state index in [-0.39, 0.29) is 50.4 Å². The lowest BCUT2D eigenvalue weighted by molar-refractivity contribution is -0.166. The van der Waals surface area contributed by atoms with Crippen LogP contribution in [0.15, 0.2) is 170 Å². The average Bonchev–Trinajstić information content (AvgIpc) is 3.39. The van der Waals surface area contributed by atoms with Crippen molar-refractivity contribution in [3.8, 4) is 0 Å². The second-order valence-corrected chi connectivity index (χ2v) is 18.0. The van der Waals surface area contributed by atoms with Crippen LogP contribution in [0.5, 0.6) is 0 Å². The summed E-state index contributed by atoms with van der Waals surface area (Å²) in [4.78, 5) is 38.2. The van der Waals surface area contributed by atoms with Crippen LogP contribution in [0.3, 0.4) is 0 Å². The van der Waals surface area contributed by atoms with Gasteiger partial charge in [0.2, 0.25) is 0 Å². The normalized spacial score (nSPS) is 13.4. The lowest BCUT2D eigenvalue weighted by atomic mass is 10.1. The predicted molar refractivity (Wildman–Crippen MR) is 315 cm³/mol. The van der Waals surface area contributed by atoms with Crippen molar-refractivity contribution in [2.24, 2.45) is 0 Å². The van der Waals surface area contributed by atoms with Crippen molar-refractivity contribution in [3.63, 3.8) is 0 Å². The molecule has 0 aliphatic heterocycles. The van der Waals surface area contributed by atoms with E-state index < -0.39 is 6.10 Å². The molecule has 0 aromatic heterocycles. The maximum absolute atomic E-state index is 12.9. The van der Waals surface area contributed by atoms with E-state index in [1.54, 1.807) is 0 Å². The molecule has 0 aromatic carbocycles. The molecule has 0 heterocycles. The van der Waals surface area contributed by atoms with Crippen molar-refractivity contribution in [1.29, 1.82) is 0 Å². The van der Waals surface area contributed by atoms with Crippen LogP contribution in [-0.2, 0) is 28.6 Å². The van der Waals surface area contributed by atoms with E-state index in [0.717, 1.165) is 122 Å². The molecule has 406 valence electrons. The van der Waals surface area contributed by atoms with E-state index in [0.29, 0.717) is 12.8 Å². The zero-order valence-electron chi connectivity index (χ0n) is 46.3. The zero-order chi connectivity index (χ0) is 52.9. The van der Waals surface area contributed by atoms with Gasteiger partial charge in [-0.15, -0.1) is 0 Å². The third kappa shape index (κ3) is 57.5. The fraction of sp³-hybridized carbons (Fsp3) is 0.537. The first-order valence-corrected chi connectivity index (χ1v) is 28.6. The second kappa shape index (κ2) is 59.3. The maximum atomic E-state index is 12.9. The van der Waals surface area contributed by atoms with Crippen molar-refractivity contribution >= 4 is 17.9 Å². The molecular weight excluding hydrogens is 901 g/mol. The van der Waals surface area contributed by atoms with Crippen LogP contribution in [0.2, 0.25) is 0 Å². The lowest BCUT2D eigenvalue weighted by Crippen LogP contribution is -2.30. The van der Waals surface area contributed by atoms with Crippen molar-refractivity contribution in [1.82, 2.24) is 0 Å². The minimum absolute atomic E-state index is 0.141. The topological polar surface area (TPSA) is 78.9 Å². The number of carbonyl (C=O) groups is 3. The number of carbonyl (C=O) groups excluding carboxylic acids is 3. The highest BCUT2D eigenvalue weighted by Gasteiger charge is 2.19. The van der Waals surface area contributed by atoms with Gasteiger partial charge < -0.3 is 14.2 Å². The maximum Gasteiger partial charge on any atom is 0.306 e. The van der Waals surface area contributed by atoms with Crippen molar-refractivity contribution in [2.75, 3.05) is 13.2 Å². The van der Waals surface area contributed by atoms with Gasteiger partial charge in [-0.3, -0.25) is 14.4 Å². The third-order valence-electron chi connectivity index (χ3n) is 11.2. The second-order valence-electron chi connectivity index (χ2n) is 18.0. The number of ether oxygens (including phenoxy) is 3. The lowest BCUT2D eigenvalue weighted by Gasteiger charge is -2.18. The monoisotopic (exact) mass is 1000 g/mol. The van der Waals surface area contributed by atoms with Gasteiger partial charge in [-0.1, -0.05) is 236 Å². The van der Waals surface area contributed by atoms with Crippen molar-refractivity contribution < 1.29 is 28.6 Å². The Morgan fingerprint density at radius 2 is 0.534 bits per heavy atom. The summed E-state index contributed by atoms with van der Waals surface area (Å²) in [6, 6.07) is 0. The molecule has 0 saturated carbocycles. The first-order chi connectivity index (χ1) is 36.0. The highest BCUT2D eigenvalue weighted by Crippen LogP contribution is 2.13. The van der Waals surface area contributed by atoms with E-state index in [2.05, 4.69) is 179 Å². The van der Waals surface area contributed by atoms with Gasteiger partial charge in [-0.05, 0) is 128 Å². The standard InChI is InChI=1S/C67H102O6/c1-4-7-10-13-16-19-22-25-28-31-33-36-39-42-45-48-51-54-57-60-66(69)72-63-64(62-71-65(68)59-56-53-50-47-44-41-38-35-30-27-24-21-18-15-12-9-6-3)73-67(70)61-58-55-52-49-46-43-40-37-34-32-29-26-23-20-17-14-11-8-5-2/h7-12,16-21,25-30,33,36,38,41-42,45,47,50-51,54,64H,4-6,13-15,22-24,31-32,34-35,37,39-40,43-44,46,48-49,52-53,55-63H2,1-3H3/b10-7-,11-8-,12-9-,19-16-,20-17-,21-18-,28-25-,29-26-,30-27-,36-33-,41-38-,45-42-,50-47-,54-51-. The summed E-state index contributed by atoms with van der Waals surface area (Å²) in [6.45, 7) is 6.16. The van der Waals surface area contributed by atoms with E-state index in [1.807, 2.05) is 12.2 Å². The van der Waals surface area contributed by atoms with Crippen LogP contribution in [-0.4, -0.2) is 37.2 Å². The summed E-state index contributed by atoms with van der Waals surface area (Å²) in [5, 5.41) is 0. The first-order valence-electron chi connectivity index (χ1n) is 28.6. The van der Waals surface area contributed by atoms with Crippen molar-refractivity contribution in [3.05, 3.63) is 170 Å².